The Morgan fingerprint density at radius 2 is 1.73 bits per heavy atom. The molecule has 0 bridgehead atoms. The van der Waals surface area contributed by atoms with E-state index in [2.05, 4.69) is 12.2 Å². The van der Waals surface area contributed by atoms with Crippen molar-refractivity contribution >= 4 is 11.9 Å². The van der Waals surface area contributed by atoms with Crippen molar-refractivity contribution in [1.82, 2.24) is 5.32 Å². The molecule has 0 saturated heterocycles. The first-order valence-corrected chi connectivity index (χ1v) is 7.59. The van der Waals surface area contributed by atoms with E-state index in [-0.39, 0.29) is 18.9 Å². The molecule has 2 N–H and O–H groups in total. The van der Waals surface area contributed by atoms with Crippen LogP contribution in [0.1, 0.15) is 42.4 Å². The third-order valence-electron chi connectivity index (χ3n) is 3.66. The predicted octanol–water partition coefficient (Wildman–Crippen LogP) is 2.75. The van der Waals surface area contributed by atoms with Crippen molar-refractivity contribution in [2.75, 3.05) is 13.2 Å². The highest BCUT2D eigenvalue weighted by molar-refractivity contribution is 5.77. The molecule has 0 aliphatic heterocycles. The lowest BCUT2D eigenvalue weighted by Gasteiger charge is -2.11. The summed E-state index contributed by atoms with van der Waals surface area (Å²) in [5, 5.41) is 11.3. The Morgan fingerprint density at radius 3 is 2.32 bits per heavy atom. The molecule has 1 rings (SSSR count). The van der Waals surface area contributed by atoms with Gasteiger partial charge in [0, 0.05) is 13.0 Å². The van der Waals surface area contributed by atoms with Crippen LogP contribution in [0.5, 0.6) is 5.75 Å². The van der Waals surface area contributed by atoms with Crippen LogP contribution in [0.25, 0.3) is 0 Å². The summed E-state index contributed by atoms with van der Waals surface area (Å²) in [6.45, 7) is 6.65. The second kappa shape index (κ2) is 9.07. The van der Waals surface area contributed by atoms with Crippen molar-refractivity contribution in [2.24, 2.45) is 0 Å². The zero-order chi connectivity index (χ0) is 16.5. The van der Waals surface area contributed by atoms with Gasteiger partial charge in [0.05, 0.1) is 0 Å². The van der Waals surface area contributed by atoms with E-state index >= 15 is 0 Å². The standard InChI is InChI=1S/C17H25NO4/c1-12-9-15(10-13(2)14(12)3)22-11-16(19)18-8-6-4-5-7-17(20)21/h9-10H,4-8,11H2,1-3H3,(H,18,19)(H,20,21). The van der Waals surface area contributed by atoms with Gasteiger partial charge in [0.1, 0.15) is 5.75 Å². The summed E-state index contributed by atoms with van der Waals surface area (Å²) in [7, 11) is 0. The van der Waals surface area contributed by atoms with Crippen LogP contribution in [0.2, 0.25) is 0 Å². The van der Waals surface area contributed by atoms with Crippen LogP contribution in [-0.4, -0.2) is 30.1 Å². The smallest absolute Gasteiger partial charge is 0.303 e. The Labute approximate surface area is 131 Å². The highest BCUT2D eigenvalue weighted by atomic mass is 16.5. The fourth-order valence-corrected chi connectivity index (χ4v) is 2.09. The molecule has 1 aromatic rings. The third-order valence-corrected chi connectivity index (χ3v) is 3.66. The molecular formula is C17H25NO4. The van der Waals surface area contributed by atoms with Gasteiger partial charge >= 0.3 is 5.97 Å². The van der Waals surface area contributed by atoms with Gasteiger partial charge in [-0.2, -0.15) is 0 Å². The van der Waals surface area contributed by atoms with Crippen molar-refractivity contribution in [3.63, 3.8) is 0 Å². The number of hydrogen-bond donors (Lipinski definition) is 2. The minimum absolute atomic E-state index is 0.00291. The molecule has 0 unspecified atom stereocenters. The fourth-order valence-electron chi connectivity index (χ4n) is 2.09. The molecule has 1 amide bonds. The number of amides is 1. The van der Waals surface area contributed by atoms with E-state index in [9.17, 15) is 9.59 Å². The van der Waals surface area contributed by atoms with Gasteiger partial charge in [-0.1, -0.05) is 6.42 Å². The number of unbranched alkanes of at least 4 members (excludes halogenated alkanes) is 2. The molecule has 122 valence electrons. The van der Waals surface area contributed by atoms with Crippen LogP contribution in [0.3, 0.4) is 0 Å². The van der Waals surface area contributed by atoms with Gasteiger partial charge in [-0.25, -0.2) is 0 Å². The summed E-state index contributed by atoms with van der Waals surface area (Å²) in [5.74, 6) is -0.229. The Morgan fingerprint density at radius 1 is 1.09 bits per heavy atom. The summed E-state index contributed by atoms with van der Waals surface area (Å²) in [6, 6.07) is 3.86. The van der Waals surface area contributed by atoms with Crippen LogP contribution in [0.4, 0.5) is 0 Å². The topological polar surface area (TPSA) is 75.6 Å². The van der Waals surface area contributed by atoms with Crippen molar-refractivity contribution in [3.8, 4) is 5.75 Å². The number of carboxylic acid groups (broad SMARTS) is 1. The lowest BCUT2D eigenvalue weighted by molar-refractivity contribution is -0.137. The van der Waals surface area contributed by atoms with Gasteiger partial charge < -0.3 is 15.2 Å². The zero-order valence-electron chi connectivity index (χ0n) is 13.6. The third kappa shape index (κ3) is 6.61. The average molecular weight is 307 g/mol. The van der Waals surface area contributed by atoms with E-state index < -0.39 is 5.97 Å². The maximum Gasteiger partial charge on any atom is 0.303 e. The van der Waals surface area contributed by atoms with Crippen molar-refractivity contribution in [3.05, 3.63) is 28.8 Å². The van der Waals surface area contributed by atoms with Gasteiger partial charge in [-0.3, -0.25) is 9.59 Å². The predicted molar refractivity (Wildman–Crippen MR) is 85.3 cm³/mol. The van der Waals surface area contributed by atoms with Gasteiger partial charge in [0.25, 0.3) is 5.91 Å². The molecule has 0 saturated carbocycles. The highest BCUT2D eigenvalue weighted by Crippen LogP contribution is 2.20. The number of nitrogens with one attached hydrogen (secondary N) is 1. The summed E-state index contributed by atoms with van der Waals surface area (Å²) < 4.78 is 5.50. The number of aryl methyl sites for hydroxylation is 2. The molecule has 0 atom stereocenters. The van der Waals surface area contributed by atoms with Crippen LogP contribution in [0.15, 0.2) is 12.1 Å². The number of hydrogen-bond acceptors (Lipinski definition) is 3. The summed E-state index contributed by atoms with van der Waals surface area (Å²) in [4.78, 5) is 22.0. The molecule has 0 aliphatic rings. The maximum absolute atomic E-state index is 11.7. The first kappa shape index (κ1) is 18.0. The van der Waals surface area contributed by atoms with Crippen molar-refractivity contribution in [1.29, 1.82) is 0 Å². The van der Waals surface area contributed by atoms with Crippen LogP contribution < -0.4 is 10.1 Å². The van der Waals surface area contributed by atoms with Gasteiger partial charge in [0.15, 0.2) is 6.61 Å². The number of carbonyl (C=O) groups is 2. The number of ether oxygens (including phenoxy) is 1. The Kier molecular flexibility index (Phi) is 7.43. The summed E-state index contributed by atoms with van der Waals surface area (Å²) in [6.07, 6.45) is 2.40. The van der Waals surface area contributed by atoms with E-state index in [4.69, 9.17) is 9.84 Å². The summed E-state index contributed by atoms with van der Waals surface area (Å²) in [5.41, 5.74) is 3.53. The highest BCUT2D eigenvalue weighted by Gasteiger charge is 2.05. The lowest BCUT2D eigenvalue weighted by Crippen LogP contribution is -2.29. The van der Waals surface area contributed by atoms with E-state index in [1.54, 1.807) is 0 Å². The second-order valence-electron chi connectivity index (χ2n) is 5.53. The number of rotatable bonds is 9. The zero-order valence-corrected chi connectivity index (χ0v) is 13.6. The Bertz CT molecular complexity index is 502. The largest absolute Gasteiger partial charge is 0.484 e. The van der Waals surface area contributed by atoms with E-state index in [0.29, 0.717) is 18.7 Å². The fraction of sp³-hybridized carbons (Fsp3) is 0.529. The normalized spacial score (nSPS) is 10.3. The molecule has 22 heavy (non-hydrogen) atoms. The number of aliphatic carboxylic acids is 1. The van der Waals surface area contributed by atoms with E-state index in [1.165, 1.54) is 5.56 Å². The van der Waals surface area contributed by atoms with Crippen LogP contribution >= 0.6 is 0 Å². The maximum atomic E-state index is 11.7. The van der Waals surface area contributed by atoms with E-state index in [0.717, 1.165) is 24.0 Å². The number of carbonyl (C=O) groups excluding carboxylic acids is 1. The quantitative estimate of drug-likeness (QED) is 0.688. The molecule has 5 nitrogen and oxygen atoms in total. The molecule has 0 aromatic heterocycles. The SMILES string of the molecule is Cc1cc(OCC(=O)NCCCCCC(=O)O)cc(C)c1C. The molecule has 0 aliphatic carbocycles. The molecule has 0 heterocycles. The minimum Gasteiger partial charge on any atom is -0.484 e. The van der Waals surface area contributed by atoms with Gasteiger partial charge in [0.2, 0.25) is 0 Å². The van der Waals surface area contributed by atoms with Crippen molar-refractivity contribution < 1.29 is 19.4 Å². The first-order chi connectivity index (χ1) is 10.4. The monoisotopic (exact) mass is 307 g/mol. The van der Waals surface area contributed by atoms with Gasteiger partial charge in [-0.15, -0.1) is 0 Å². The van der Waals surface area contributed by atoms with E-state index in [1.807, 2.05) is 26.0 Å². The second-order valence-corrected chi connectivity index (χ2v) is 5.53. The summed E-state index contributed by atoms with van der Waals surface area (Å²) >= 11 is 0. The Balaban J connectivity index is 2.22. The lowest BCUT2D eigenvalue weighted by atomic mass is 10.0. The van der Waals surface area contributed by atoms with Gasteiger partial charge in [-0.05, 0) is 62.4 Å². The Hall–Kier alpha value is -2.04. The van der Waals surface area contributed by atoms with Crippen LogP contribution in [0, 0.1) is 20.8 Å². The first-order valence-electron chi connectivity index (χ1n) is 7.59. The van der Waals surface area contributed by atoms with Crippen LogP contribution in [-0.2, 0) is 9.59 Å². The number of carboxylic acids is 1. The van der Waals surface area contributed by atoms with Crippen molar-refractivity contribution in [2.45, 2.75) is 46.5 Å². The molecule has 5 heteroatoms. The molecule has 0 fully saturated rings. The molecule has 1 aromatic carbocycles. The molecule has 0 spiro atoms. The molecular weight excluding hydrogens is 282 g/mol. The molecule has 0 radical (unpaired) electrons. The average Bonchev–Trinajstić information content (AvgIpc) is 2.45. The minimum atomic E-state index is -0.777. The number of benzene rings is 1.